The molecule has 0 radical (unpaired) electrons. The predicted octanol–water partition coefficient (Wildman–Crippen LogP) is 1.56. The smallest absolute Gasteiger partial charge is 0.213 e. The molecule has 0 aliphatic carbocycles. The molecule has 29 heavy (non-hydrogen) atoms. The van der Waals surface area contributed by atoms with Crippen LogP contribution in [0.1, 0.15) is 18.9 Å². The molecule has 7 nitrogen and oxygen atoms in total. The summed E-state index contributed by atoms with van der Waals surface area (Å²) in [5, 5.41) is 3.37. The van der Waals surface area contributed by atoms with E-state index in [1.165, 1.54) is 9.87 Å². The van der Waals surface area contributed by atoms with Crippen molar-refractivity contribution in [3.05, 3.63) is 42.0 Å². The van der Waals surface area contributed by atoms with Crippen LogP contribution in [0.5, 0.6) is 0 Å². The topological polar surface area (TPSA) is 68.2 Å². The fourth-order valence-corrected chi connectivity index (χ4v) is 4.09. The summed E-state index contributed by atoms with van der Waals surface area (Å²) < 4.78 is 25.0. The predicted molar refractivity (Wildman–Crippen MR) is 122 cm³/mol. The number of nitrogens with one attached hydrogen (secondary N) is 1. The van der Waals surface area contributed by atoms with E-state index in [0.717, 1.165) is 45.1 Å². The van der Waals surface area contributed by atoms with E-state index < -0.39 is 10.0 Å². The first kappa shape index (κ1) is 23.4. The zero-order valence-electron chi connectivity index (χ0n) is 17.9. The molecule has 0 spiro atoms. The lowest BCUT2D eigenvalue weighted by atomic mass is 10.2. The third-order valence-electron chi connectivity index (χ3n) is 5.13. The van der Waals surface area contributed by atoms with Crippen LogP contribution >= 0.6 is 0 Å². The van der Waals surface area contributed by atoms with E-state index in [1.807, 2.05) is 6.07 Å². The van der Waals surface area contributed by atoms with Gasteiger partial charge in [-0.25, -0.2) is 12.7 Å². The van der Waals surface area contributed by atoms with Gasteiger partial charge in [0.2, 0.25) is 10.0 Å². The zero-order valence-corrected chi connectivity index (χ0v) is 18.7. The number of guanidine groups is 1. The highest BCUT2D eigenvalue weighted by Gasteiger charge is 2.19. The normalized spacial score (nSPS) is 16.7. The van der Waals surface area contributed by atoms with Gasteiger partial charge in [0, 0.05) is 59.9 Å². The van der Waals surface area contributed by atoms with Gasteiger partial charge in [0.25, 0.3) is 0 Å². The third kappa shape index (κ3) is 7.79. The molecular formula is C21H35N5O2S. The number of piperazine rings is 1. The summed E-state index contributed by atoms with van der Waals surface area (Å²) in [5.74, 6) is 1.04. The Hall–Kier alpha value is -1.90. The summed E-state index contributed by atoms with van der Waals surface area (Å²) in [5.41, 5.74) is 1.23. The minimum Gasteiger partial charge on any atom is -0.356 e. The van der Waals surface area contributed by atoms with Crippen LogP contribution in [0.2, 0.25) is 0 Å². The van der Waals surface area contributed by atoms with Crippen molar-refractivity contribution in [2.45, 2.75) is 13.3 Å². The molecule has 8 heteroatoms. The molecule has 1 fully saturated rings. The number of nitrogens with zero attached hydrogens (tertiary/aromatic N) is 4. The number of benzene rings is 1. The Balaban J connectivity index is 1.68. The molecule has 1 aliphatic rings. The molecule has 1 saturated heterocycles. The second-order valence-corrected chi connectivity index (χ2v) is 9.51. The SMILES string of the molecule is CCS(=O)(=O)N(C)CCCNC(=NC)N1CCN(C/C=C/c2ccccc2)CC1. The zero-order chi connectivity index (χ0) is 21.1. The molecule has 0 amide bonds. The van der Waals surface area contributed by atoms with Crippen molar-refractivity contribution in [1.29, 1.82) is 0 Å². The Labute approximate surface area is 176 Å². The van der Waals surface area contributed by atoms with E-state index in [2.05, 4.69) is 56.5 Å². The number of hydrogen-bond acceptors (Lipinski definition) is 4. The highest BCUT2D eigenvalue weighted by atomic mass is 32.2. The van der Waals surface area contributed by atoms with Gasteiger partial charge in [0.1, 0.15) is 0 Å². The molecule has 1 heterocycles. The van der Waals surface area contributed by atoms with Crippen LogP contribution in [0.25, 0.3) is 6.08 Å². The quantitative estimate of drug-likeness (QED) is 0.372. The fourth-order valence-electron chi connectivity index (χ4n) is 3.24. The Morgan fingerprint density at radius 2 is 1.90 bits per heavy atom. The number of rotatable bonds is 9. The number of hydrogen-bond donors (Lipinski definition) is 1. The van der Waals surface area contributed by atoms with Crippen LogP contribution in [0.4, 0.5) is 0 Å². The minimum absolute atomic E-state index is 0.142. The van der Waals surface area contributed by atoms with E-state index in [4.69, 9.17) is 0 Å². The summed E-state index contributed by atoms with van der Waals surface area (Å²) in [4.78, 5) is 9.09. The first-order chi connectivity index (χ1) is 14.0. The van der Waals surface area contributed by atoms with Gasteiger partial charge < -0.3 is 10.2 Å². The fraction of sp³-hybridized carbons (Fsp3) is 0.571. The number of aliphatic imine (C=N–C) groups is 1. The first-order valence-electron chi connectivity index (χ1n) is 10.3. The van der Waals surface area contributed by atoms with Gasteiger partial charge in [-0.3, -0.25) is 9.89 Å². The summed E-state index contributed by atoms with van der Waals surface area (Å²) in [6, 6.07) is 10.4. The largest absolute Gasteiger partial charge is 0.356 e. The first-order valence-corrected chi connectivity index (χ1v) is 11.9. The van der Waals surface area contributed by atoms with Crippen molar-refractivity contribution in [3.63, 3.8) is 0 Å². The standard InChI is InChI=1S/C21H35N5O2S/c1-4-29(27,28)24(3)14-9-13-23-21(22-2)26-18-16-25(17-19-26)15-8-12-20-10-6-5-7-11-20/h5-8,10-12H,4,9,13-19H2,1-3H3,(H,22,23)/b12-8+. The molecule has 1 aromatic rings. The molecule has 0 unspecified atom stereocenters. The molecule has 0 bridgehead atoms. The second kappa shape index (κ2) is 11.9. The summed E-state index contributed by atoms with van der Waals surface area (Å²) in [7, 11) is 0.332. The molecule has 2 rings (SSSR count). The average Bonchev–Trinajstić information content (AvgIpc) is 2.75. The van der Waals surface area contributed by atoms with Crippen LogP contribution in [-0.2, 0) is 10.0 Å². The van der Waals surface area contributed by atoms with Crippen molar-refractivity contribution in [2.24, 2.45) is 4.99 Å². The summed E-state index contributed by atoms with van der Waals surface area (Å²) in [6.45, 7) is 7.70. The van der Waals surface area contributed by atoms with Crippen molar-refractivity contribution in [2.75, 3.05) is 65.7 Å². The lowest BCUT2D eigenvalue weighted by Gasteiger charge is -2.36. The van der Waals surface area contributed by atoms with Gasteiger partial charge in [-0.1, -0.05) is 42.5 Å². The van der Waals surface area contributed by atoms with Crippen LogP contribution in [0, 0.1) is 0 Å². The lowest BCUT2D eigenvalue weighted by Crippen LogP contribution is -2.52. The van der Waals surface area contributed by atoms with Crippen LogP contribution in [0.3, 0.4) is 0 Å². The number of sulfonamides is 1. The van der Waals surface area contributed by atoms with Gasteiger partial charge in [-0.15, -0.1) is 0 Å². The van der Waals surface area contributed by atoms with Gasteiger partial charge in [0.05, 0.1) is 5.75 Å². The molecule has 162 valence electrons. The maximum absolute atomic E-state index is 11.8. The van der Waals surface area contributed by atoms with Gasteiger partial charge >= 0.3 is 0 Å². The second-order valence-electron chi connectivity index (χ2n) is 7.15. The van der Waals surface area contributed by atoms with Crippen LogP contribution < -0.4 is 5.32 Å². The van der Waals surface area contributed by atoms with E-state index in [9.17, 15) is 8.42 Å². The highest BCUT2D eigenvalue weighted by Crippen LogP contribution is 2.05. The maximum Gasteiger partial charge on any atom is 0.213 e. The molecule has 1 aromatic carbocycles. The molecule has 0 atom stereocenters. The van der Waals surface area contributed by atoms with Crippen molar-refractivity contribution < 1.29 is 8.42 Å². The Bertz CT molecular complexity index is 757. The summed E-state index contributed by atoms with van der Waals surface area (Å²) in [6.07, 6.45) is 5.14. The maximum atomic E-state index is 11.8. The van der Waals surface area contributed by atoms with Crippen LogP contribution in [0.15, 0.2) is 41.4 Å². The Kier molecular flexibility index (Phi) is 9.63. The van der Waals surface area contributed by atoms with E-state index in [0.29, 0.717) is 13.1 Å². The highest BCUT2D eigenvalue weighted by molar-refractivity contribution is 7.89. The molecule has 1 aliphatic heterocycles. The molecule has 0 aromatic heterocycles. The molecule has 0 saturated carbocycles. The average molecular weight is 422 g/mol. The van der Waals surface area contributed by atoms with Crippen molar-refractivity contribution in [1.82, 2.24) is 19.4 Å². The van der Waals surface area contributed by atoms with E-state index in [1.54, 1.807) is 21.0 Å². The third-order valence-corrected chi connectivity index (χ3v) is 6.99. The monoisotopic (exact) mass is 421 g/mol. The lowest BCUT2D eigenvalue weighted by molar-refractivity contribution is 0.194. The van der Waals surface area contributed by atoms with Gasteiger partial charge in [-0.2, -0.15) is 0 Å². The molecular weight excluding hydrogens is 386 g/mol. The van der Waals surface area contributed by atoms with Gasteiger partial charge in [0.15, 0.2) is 5.96 Å². The van der Waals surface area contributed by atoms with Gasteiger partial charge in [-0.05, 0) is 18.9 Å². The van der Waals surface area contributed by atoms with E-state index >= 15 is 0 Å². The van der Waals surface area contributed by atoms with Crippen molar-refractivity contribution >= 4 is 22.1 Å². The van der Waals surface area contributed by atoms with E-state index in [-0.39, 0.29) is 5.75 Å². The van der Waals surface area contributed by atoms with Crippen molar-refractivity contribution in [3.8, 4) is 0 Å². The van der Waals surface area contributed by atoms with Crippen LogP contribution in [-0.4, -0.2) is 94.1 Å². The summed E-state index contributed by atoms with van der Waals surface area (Å²) >= 11 is 0. The Morgan fingerprint density at radius 3 is 2.52 bits per heavy atom. The molecule has 1 N–H and O–H groups in total. The minimum atomic E-state index is -3.10. The Morgan fingerprint density at radius 1 is 1.21 bits per heavy atom.